The first kappa shape index (κ1) is 19.3. The number of carbonyl (C=O) groups is 2. The lowest BCUT2D eigenvalue weighted by Gasteiger charge is -2.31. The highest BCUT2D eigenvalue weighted by molar-refractivity contribution is 6.00. The second-order valence-corrected chi connectivity index (χ2v) is 7.65. The van der Waals surface area contributed by atoms with Gasteiger partial charge in [0.2, 0.25) is 18.6 Å². The van der Waals surface area contributed by atoms with Crippen LogP contribution < -0.4 is 14.4 Å². The lowest BCUT2D eigenvalue weighted by atomic mass is 10.0. The summed E-state index contributed by atoms with van der Waals surface area (Å²) >= 11 is 0. The van der Waals surface area contributed by atoms with E-state index >= 15 is 0 Å². The molecule has 6 heteroatoms. The number of carbonyl (C=O) groups excluding carboxylic acids is 2. The first-order chi connectivity index (χ1) is 14.1. The molecule has 2 aromatic carbocycles. The van der Waals surface area contributed by atoms with Crippen LogP contribution in [0.4, 0.5) is 5.69 Å². The number of nitrogens with zero attached hydrogens (tertiary/aromatic N) is 2. The molecule has 2 aliphatic rings. The number of anilines is 1. The molecule has 2 aliphatic heterocycles. The van der Waals surface area contributed by atoms with Crippen molar-refractivity contribution in [3.63, 3.8) is 0 Å². The lowest BCUT2D eigenvalue weighted by Crippen LogP contribution is -2.42. The van der Waals surface area contributed by atoms with Gasteiger partial charge in [-0.25, -0.2) is 0 Å². The maximum absolute atomic E-state index is 13.4. The summed E-state index contributed by atoms with van der Waals surface area (Å²) < 4.78 is 10.8. The maximum atomic E-state index is 13.4. The molecule has 6 nitrogen and oxygen atoms in total. The molecule has 2 unspecified atom stereocenters. The van der Waals surface area contributed by atoms with E-state index in [1.54, 1.807) is 11.0 Å². The van der Waals surface area contributed by atoms with Gasteiger partial charge in [0.15, 0.2) is 11.5 Å². The Kier molecular flexibility index (Phi) is 5.43. The predicted octanol–water partition coefficient (Wildman–Crippen LogP) is 3.60. The van der Waals surface area contributed by atoms with Crippen LogP contribution in [0, 0.1) is 5.92 Å². The van der Waals surface area contributed by atoms with E-state index in [2.05, 4.69) is 13.8 Å². The Labute approximate surface area is 171 Å². The lowest BCUT2D eigenvalue weighted by molar-refractivity contribution is -0.138. The molecule has 4 rings (SSSR count). The minimum Gasteiger partial charge on any atom is -0.454 e. The number of hydrogen-bond donors (Lipinski definition) is 0. The van der Waals surface area contributed by atoms with E-state index in [-0.39, 0.29) is 37.0 Å². The summed E-state index contributed by atoms with van der Waals surface area (Å²) in [7, 11) is 0. The number of hydrogen-bond acceptors (Lipinski definition) is 4. The second-order valence-electron chi connectivity index (χ2n) is 7.65. The monoisotopic (exact) mass is 394 g/mol. The topological polar surface area (TPSA) is 59.1 Å². The van der Waals surface area contributed by atoms with Gasteiger partial charge in [-0.3, -0.25) is 9.59 Å². The second kappa shape index (κ2) is 8.15. The fourth-order valence-electron chi connectivity index (χ4n) is 3.86. The molecule has 1 fully saturated rings. The van der Waals surface area contributed by atoms with E-state index in [0.717, 1.165) is 17.7 Å². The Morgan fingerprint density at radius 2 is 1.93 bits per heavy atom. The molecule has 0 aliphatic carbocycles. The van der Waals surface area contributed by atoms with Crippen LogP contribution in [0.25, 0.3) is 0 Å². The number of benzene rings is 2. The Bertz CT molecular complexity index is 899. The molecule has 152 valence electrons. The van der Waals surface area contributed by atoms with Crippen LogP contribution in [0.3, 0.4) is 0 Å². The number of fused-ring (bicyclic) bond motifs is 1. The Balaban J connectivity index is 1.51. The van der Waals surface area contributed by atoms with Crippen LogP contribution in [0.5, 0.6) is 11.5 Å². The van der Waals surface area contributed by atoms with Crippen LogP contribution >= 0.6 is 0 Å². The van der Waals surface area contributed by atoms with Crippen LogP contribution in [0.2, 0.25) is 0 Å². The molecule has 0 aromatic heterocycles. The quantitative estimate of drug-likeness (QED) is 0.751. The van der Waals surface area contributed by atoms with Gasteiger partial charge in [-0.1, -0.05) is 37.3 Å². The van der Waals surface area contributed by atoms with Crippen molar-refractivity contribution in [2.24, 2.45) is 5.92 Å². The third kappa shape index (κ3) is 3.92. The van der Waals surface area contributed by atoms with E-state index in [0.29, 0.717) is 24.6 Å². The summed E-state index contributed by atoms with van der Waals surface area (Å²) in [5.74, 6) is 0.977. The molecule has 2 amide bonds. The van der Waals surface area contributed by atoms with Gasteiger partial charge in [0.1, 0.15) is 0 Å². The third-order valence-corrected chi connectivity index (χ3v) is 5.74. The van der Waals surface area contributed by atoms with Crippen LogP contribution in [-0.2, 0) is 16.1 Å². The van der Waals surface area contributed by atoms with Gasteiger partial charge >= 0.3 is 0 Å². The van der Waals surface area contributed by atoms with Crippen molar-refractivity contribution in [2.75, 3.05) is 18.2 Å². The van der Waals surface area contributed by atoms with Crippen molar-refractivity contribution < 1.29 is 19.1 Å². The van der Waals surface area contributed by atoms with Crippen molar-refractivity contribution in [2.45, 2.75) is 39.3 Å². The number of rotatable bonds is 6. The highest BCUT2D eigenvalue weighted by Crippen LogP contribution is 2.37. The highest BCUT2D eigenvalue weighted by atomic mass is 16.7. The van der Waals surface area contributed by atoms with E-state index in [9.17, 15) is 9.59 Å². The van der Waals surface area contributed by atoms with Gasteiger partial charge in [-0.15, -0.1) is 0 Å². The smallest absolute Gasteiger partial charge is 0.231 e. The van der Waals surface area contributed by atoms with Gasteiger partial charge in [-0.05, 0) is 31.0 Å². The molecule has 2 atom stereocenters. The summed E-state index contributed by atoms with van der Waals surface area (Å²) in [6, 6.07) is 15.6. The van der Waals surface area contributed by atoms with Crippen molar-refractivity contribution in [1.29, 1.82) is 0 Å². The molecule has 2 aromatic rings. The molecule has 1 saturated heterocycles. The Morgan fingerprint density at radius 1 is 1.17 bits per heavy atom. The normalized spacial score (nSPS) is 18.8. The summed E-state index contributed by atoms with van der Waals surface area (Å²) in [6.45, 7) is 5.28. The largest absolute Gasteiger partial charge is 0.454 e. The van der Waals surface area contributed by atoms with Crippen LogP contribution in [-0.4, -0.2) is 36.1 Å². The van der Waals surface area contributed by atoms with Gasteiger partial charge in [0, 0.05) is 37.3 Å². The van der Waals surface area contributed by atoms with Gasteiger partial charge in [0.25, 0.3) is 0 Å². The zero-order valence-electron chi connectivity index (χ0n) is 16.8. The van der Waals surface area contributed by atoms with Crippen molar-refractivity contribution in [3.05, 3.63) is 54.1 Å². The SMILES string of the molecule is CCC(C)N(Cc1ccccc1)C(=O)C1CC(=O)N(c2ccc3c(c2)OCO3)C1. The van der Waals surface area contributed by atoms with E-state index < -0.39 is 0 Å². The fraction of sp³-hybridized carbons (Fsp3) is 0.391. The first-order valence-corrected chi connectivity index (χ1v) is 10.1. The average Bonchev–Trinajstić information content (AvgIpc) is 3.37. The van der Waals surface area contributed by atoms with Gasteiger partial charge < -0.3 is 19.3 Å². The third-order valence-electron chi connectivity index (χ3n) is 5.74. The van der Waals surface area contributed by atoms with Crippen LogP contribution in [0.15, 0.2) is 48.5 Å². The Hall–Kier alpha value is -3.02. The molecular formula is C23H26N2O4. The summed E-state index contributed by atoms with van der Waals surface area (Å²) in [4.78, 5) is 29.7. The molecule has 0 bridgehead atoms. The Morgan fingerprint density at radius 3 is 2.69 bits per heavy atom. The van der Waals surface area contributed by atoms with Gasteiger partial charge in [-0.2, -0.15) is 0 Å². The predicted molar refractivity (Wildman–Crippen MR) is 110 cm³/mol. The van der Waals surface area contributed by atoms with E-state index in [1.807, 2.05) is 47.4 Å². The molecule has 2 heterocycles. The zero-order valence-corrected chi connectivity index (χ0v) is 16.8. The average molecular weight is 394 g/mol. The molecule has 29 heavy (non-hydrogen) atoms. The minimum absolute atomic E-state index is 0.0361. The van der Waals surface area contributed by atoms with Crippen molar-refractivity contribution in [3.8, 4) is 11.5 Å². The fourth-order valence-corrected chi connectivity index (χ4v) is 3.86. The minimum atomic E-state index is -0.342. The highest BCUT2D eigenvalue weighted by Gasteiger charge is 2.38. The zero-order chi connectivity index (χ0) is 20.4. The van der Waals surface area contributed by atoms with Gasteiger partial charge in [0.05, 0.1) is 5.92 Å². The van der Waals surface area contributed by atoms with Crippen LogP contribution in [0.1, 0.15) is 32.3 Å². The van der Waals surface area contributed by atoms with E-state index in [1.165, 1.54) is 0 Å². The van der Waals surface area contributed by atoms with E-state index in [4.69, 9.17) is 9.47 Å². The molecular weight excluding hydrogens is 368 g/mol. The summed E-state index contributed by atoms with van der Waals surface area (Å²) in [5, 5.41) is 0. The molecule has 0 saturated carbocycles. The maximum Gasteiger partial charge on any atom is 0.231 e. The van der Waals surface area contributed by atoms with Crippen molar-refractivity contribution in [1.82, 2.24) is 4.90 Å². The standard InChI is InChI=1S/C23H26N2O4/c1-3-16(2)24(13-17-7-5-4-6-8-17)23(27)18-11-22(26)25(14-18)19-9-10-20-21(12-19)29-15-28-20/h4-10,12,16,18H,3,11,13-15H2,1-2H3. The molecule has 0 radical (unpaired) electrons. The first-order valence-electron chi connectivity index (χ1n) is 10.1. The molecule has 0 N–H and O–H groups in total. The number of ether oxygens (including phenoxy) is 2. The van der Waals surface area contributed by atoms with Crippen molar-refractivity contribution >= 4 is 17.5 Å². The number of amides is 2. The summed E-state index contributed by atoms with van der Waals surface area (Å²) in [6.07, 6.45) is 1.10. The summed E-state index contributed by atoms with van der Waals surface area (Å²) in [5.41, 5.74) is 1.84. The molecule has 0 spiro atoms.